The molecule has 0 aromatic heterocycles. The largest absolute Gasteiger partial charge is 0.0947 e. The number of rotatable bonds is 2. The first-order valence-electron chi connectivity index (χ1n) is 6.38. The highest BCUT2D eigenvalue weighted by molar-refractivity contribution is 5.68. The molecule has 0 aliphatic heterocycles. The Morgan fingerprint density at radius 2 is 1.62 bits per heavy atom. The summed E-state index contributed by atoms with van der Waals surface area (Å²) in [6, 6.07) is 8.81. The van der Waals surface area contributed by atoms with Gasteiger partial charge in [-0.05, 0) is 36.3 Å². The summed E-state index contributed by atoms with van der Waals surface area (Å²) < 4.78 is 0. The van der Waals surface area contributed by atoms with Crippen LogP contribution >= 0.6 is 0 Å². The third-order valence-corrected chi connectivity index (χ3v) is 4.09. The van der Waals surface area contributed by atoms with E-state index in [0.29, 0.717) is 5.41 Å². The second-order valence-electron chi connectivity index (χ2n) is 5.47. The highest BCUT2D eigenvalue weighted by Crippen LogP contribution is 2.45. The monoisotopic (exact) mass is 214 g/mol. The van der Waals surface area contributed by atoms with E-state index in [1.54, 1.807) is 0 Å². The molecule has 1 aliphatic carbocycles. The molecule has 16 heavy (non-hydrogen) atoms. The zero-order valence-electron chi connectivity index (χ0n) is 10.6. The number of hydrogen-bond acceptors (Lipinski definition) is 0. The van der Waals surface area contributed by atoms with E-state index >= 15 is 0 Å². The van der Waals surface area contributed by atoms with E-state index in [4.69, 9.17) is 0 Å². The van der Waals surface area contributed by atoms with E-state index in [-0.39, 0.29) is 0 Å². The van der Waals surface area contributed by atoms with Gasteiger partial charge in [0.2, 0.25) is 0 Å². The van der Waals surface area contributed by atoms with Gasteiger partial charge in [-0.3, -0.25) is 0 Å². The lowest BCUT2D eigenvalue weighted by molar-refractivity contribution is 0.299. The first-order chi connectivity index (χ1) is 7.62. The van der Waals surface area contributed by atoms with Crippen LogP contribution in [0.2, 0.25) is 0 Å². The van der Waals surface area contributed by atoms with Crippen molar-refractivity contribution in [2.75, 3.05) is 0 Å². The molecule has 0 radical (unpaired) electrons. The zero-order valence-corrected chi connectivity index (χ0v) is 10.6. The van der Waals surface area contributed by atoms with Crippen molar-refractivity contribution in [2.45, 2.75) is 46.0 Å². The minimum absolute atomic E-state index is 0.341. The molecule has 1 aromatic rings. The molecule has 0 saturated heterocycles. The van der Waals surface area contributed by atoms with Gasteiger partial charge in [-0.15, -0.1) is 0 Å². The molecule has 1 aliphatic rings. The molecule has 1 aromatic carbocycles. The molecule has 0 bridgehead atoms. The van der Waals surface area contributed by atoms with Gasteiger partial charge in [0, 0.05) is 0 Å². The smallest absolute Gasteiger partial charge is 0.00752 e. The Bertz CT molecular complexity index is 364. The van der Waals surface area contributed by atoms with Gasteiger partial charge in [-0.2, -0.15) is 0 Å². The van der Waals surface area contributed by atoms with Crippen LogP contribution in [0, 0.1) is 12.3 Å². The molecule has 0 unspecified atom stereocenters. The van der Waals surface area contributed by atoms with Crippen LogP contribution in [-0.2, 0) is 0 Å². The molecular weight excluding hydrogens is 192 g/mol. The van der Waals surface area contributed by atoms with E-state index in [1.807, 2.05) is 0 Å². The number of allylic oxidation sites excluding steroid dienone is 1. The summed E-state index contributed by atoms with van der Waals surface area (Å²) in [6.07, 6.45) is 6.74. The summed E-state index contributed by atoms with van der Waals surface area (Å²) >= 11 is 0. The number of benzene rings is 1. The van der Waals surface area contributed by atoms with E-state index in [2.05, 4.69) is 44.7 Å². The molecule has 2 rings (SSSR count). The molecule has 0 N–H and O–H groups in total. The summed E-state index contributed by atoms with van der Waals surface area (Å²) in [5.41, 5.74) is 4.33. The van der Waals surface area contributed by atoms with Gasteiger partial charge in [-0.25, -0.2) is 0 Å². The second kappa shape index (κ2) is 4.45. The predicted molar refractivity (Wildman–Crippen MR) is 71.4 cm³/mol. The van der Waals surface area contributed by atoms with Crippen LogP contribution in [0.25, 0.3) is 5.57 Å². The maximum absolute atomic E-state index is 4.35. The fraction of sp³-hybridized carbons (Fsp3) is 0.500. The quantitative estimate of drug-likeness (QED) is 0.651. The van der Waals surface area contributed by atoms with Crippen LogP contribution in [0.5, 0.6) is 0 Å². The molecule has 1 fully saturated rings. The standard InChI is InChI=1S/C16H22/c1-13-7-9-15(10-8-13)14(2)16(3)11-5-4-6-12-16/h7-10H,2,4-6,11-12H2,1,3H3. The topological polar surface area (TPSA) is 0 Å². The van der Waals surface area contributed by atoms with Gasteiger partial charge in [0.1, 0.15) is 0 Å². The van der Waals surface area contributed by atoms with Gasteiger partial charge in [-0.1, -0.05) is 62.6 Å². The van der Waals surface area contributed by atoms with Gasteiger partial charge in [0.05, 0.1) is 0 Å². The second-order valence-corrected chi connectivity index (χ2v) is 5.47. The van der Waals surface area contributed by atoms with Crippen molar-refractivity contribution in [3.8, 4) is 0 Å². The lowest BCUT2D eigenvalue weighted by Crippen LogP contribution is -2.21. The molecule has 1 saturated carbocycles. The maximum Gasteiger partial charge on any atom is -0.00752 e. The van der Waals surface area contributed by atoms with E-state index in [1.165, 1.54) is 48.8 Å². The van der Waals surface area contributed by atoms with Crippen molar-refractivity contribution in [3.05, 3.63) is 42.0 Å². The molecule has 0 amide bonds. The highest BCUT2D eigenvalue weighted by atomic mass is 14.3. The van der Waals surface area contributed by atoms with Gasteiger partial charge in [0.25, 0.3) is 0 Å². The number of aryl methyl sites for hydroxylation is 1. The Kier molecular flexibility index (Phi) is 3.18. The lowest BCUT2D eigenvalue weighted by Gasteiger charge is -2.35. The average Bonchev–Trinajstić information content (AvgIpc) is 2.30. The third-order valence-electron chi connectivity index (χ3n) is 4.09. The molecule has 0 heteroatoms. The van der Waals surface area contributed by atoms with E-state index < -0.39 is 0 Å². The van der Waals surface area contributed by atoms with Gasteiger partial charge < -0.3 is 0 Å². The molecule has 0 nitrogen and oxygen atoms in total. The van der Waals surface area contributed by atoms with Crippen molar-refractivity contribution in [1.29, 1.82) is 0 Å². The van der Waals surface area contributed by atoms with Crippen LogP contribution in [0.1, 0.15) is 50.2 Å². The number of hydrogen-bond donors (Lipinski definition) is 0. The first kappa shape index (κ1) is 11.4. The third kappa shape index (κ3) is 2.21. The van der Waals surface area contributed by atoms with Crippen LogP contribution in [-0.4, -0.2) is 0 Å². The van der Waals surface area contributed by atoms with Crippen molar-refractivity contribution >= 4 is 5.57 Å². The molecule has 0 spiro atoms. The Balaban J connectivity index is 2.20. The van der Waals surface area contributed by atoms with Crippen LogP contribution in [0.4, 0.5) is 0 Å². The molecular formula is C16H22. The van der Waals surface area contributed by atoms with Gasteiger partial charge in [0.15, 0.2) is 0 Å². The molecule has 0 heterocycles. The SMILES string of the molecule is C=C(c1ccc(C)cc1)C1(C)CCCCC1. The lowest BCUT2D eigenvalue weighted by atomic mass is 9.69. The Morgan fingerprint density at radius 3 is 2.19 bits per heavy atom. The minimum Gasteiger partial charge on any atom is -0.0947 e. The average molecular weight is 214 g/mol. The van der Waals surface area contributed by atoms with Crippen LogP contribution in [0.15, 0.2) is 30.8 Å². The highest BCUT2D eigenvalue weighted by Gasteiger charge is 2.30. The fourth-order valence-corrected chi connectivity index (χ4v) is 2.74. The van der Waals surface area contributed by atoms with Crippen LogP contribution in [0.3, 0.4) is 0 Å². The maximum atomic E-state index is 4.35. The van der Waals surface area contributed by atoms with Crippen LogP contribution < -0.4 is 0 Å². The fourth-order valence-electron chi connectivity index (χ4n) is 2.74. The summed E-state index contributed by atoms with van der Waals surface area (Å²) in [4.78, 5) is 0. The summed E-state index contributed by atoms with van der Waals surface area (Å²) in [5.74, 6) is 0. The van der Waals surface area contributed by atoms with Crippen molar-refractivity contribution in [3.63, 3.8) is 0 Å². The Labute approximate surface area is 99.4 Å². The summed E-state index contributed by atoms with van der Waals surface area (Å²) in [7, 11) is 0. The van der Waals surface area contributed by atoms with Crippen molar-refractivity contribution in [1.82, 2.24) is 0 Å². The zero-order chi connectivity index (χ0) is 11.6. The molecule has 0 atom stereocenters. The first-order valence-corrected chi connectivity index (χ1v) is 6.38. The van der Waals surface area contributed by atoms with Gasteiger partial charge >= 0.3 is 0 Å². The van der Waals surface area contributed by atoms with E-state index in [9.17, 15) is 0 Å². The Hall–Kier alpha value is -1.04. The Morgan fingerprint density at radius 1 is 1.06 bits per heavy atom. The summed E-state index contributed by atoms with van der Waals surface area (Å²) in [5, 5.41) is 0. The normalized spacial score (nSPS) is 19.4. The van der Waals surface area contributed by atoms with Crippen molar-refractivity contribution in [2.24, 2.45) is 5.41 Å². The van der Waals surface area contributed by atoms with E-state index in [0.717, 1.165) is 0 Å². The van der Waals surface area contributed by atoms with Crippen molar-refractivity contribution < 1.29 is 0 Å². The summed E-state index contributed by atoms with van der Waals surface area (Å²) in [6.45, 7) is 8.87. The predicted octanol–water partition coefficient (Wildman–Crippen LogP) is 4.98. The molecule has 86 valence electrons. The minimum atomic E-state index is 0.341.